The van der Waals surface area contributed by atoms with Crippen molar-refractivity contribution in [3.8, 4) is 11.3 Å². The Balaban J connectivity index is 2.20. The standard InChI is InChI=1S/C12H6ClFN4/c13-11-10-12(17-6-16-11)18-9(5-15-10)7-2-1-3-8(14)4-7/h1-6H. The molecule has 0 N–H and O–H groups in total. The average Bonchev–Trinajstić information content (AvgIpc) is 2.39. The highest BCUT2D eigenvalue weighted by Gasteiger charge is 2.07. The van der Waals surface area contributed by atoms with Gasteiger partial charge in [-0.2, -0.15) is 0 Å². The lowest BCUT2D eigenvalue weighted by atomic mass is 10.1. The molecule has 0 aliphatic heterocycles. The Morgan fingerprint density at radius 3 is 2.83 bits per heavy atom. The van der Waals surface area contributed by atoms with Gasteiger partial charge < -0.3 is 0 Å². The van der Waals surface area contributed by atoms with Gasteiger partial charge in [-0.05, 0) is 12.1 Å². The number of nitrogens with zero attached hydrogens (tertiary/aromatic N) is 4. The molecule has 0 saturated heterocycles. The minimum atomic E-state index is -0.324. The summed E-state index contributed by atoms with van der Waals surface area (Å²) in [5.41, 5.74) is 1.99. The molecule has 6 heteroatoms. The lowest BCUT2D eigenvalue weighted by Gasteiger charge is -2.02. The summed E-state index contributed by atoms with van der Waals surface area (Å²) in [6.07, 6.45) is 2.83. The van der Waals surface area contributed by atoms with E-state index >= 15 is 0 Å². The Morgan fingerprint density at radius 2 is 2.00 bits per heavy atom. The molecule has 18 heavy (non-hydrogen) atoms. The maximum atomic E-state index is 13.1. The summed E-state index contributed by atoms with van der Waals surface area (Å²) in [7, 11) is 0. The average molecular weight is 261 g/mol. The van der Waals surface area contributed by atoms with Gasteiger partial charge in [-0.25, -0.2) is 24.3 Å². The van der Waals surface area contributed by atoms with Crippen LogP contribution in [0.4, 0.5) is 4.39 Å². The fourth-order valence-corrected chi connectivity index (χ4v) is 1.77. The van der Waals surface area contributed by atoms with E-state index in [1.807, 2.05) is 0 Å². The lowest BCUT2D eigenvalue weighted by molar-refractivity contribution is 0.628. The van der Waals surface area contributed by atoms with Crippen LogP contribution >= 0.6 is 11.6 Å². The van der Waals surface area contributed by atoms with Gasteiger partial charge in [0.15, 0.2) is 10.8 Å². The largest absolute Gasteiger partial charge is 0.247 e. The van der Waals surface area contributed by atoms with Crippen molar-refractivity contribution in [2.24, 2.45) is 0 Å². The van der Waals surface area contributed by atoms with Crippen LogP contribution in [0.3, 0.4) is 0 Å². The maximum absolute atomic E-state index is 13.1. The topological polar surface area (TPSA) is 51.6 Å². The van der Waals surface area contributed by atoms with Gasteiger partial charge in [0.1, 0.15) is 17.7 Å². The SMILES string of the molecule is Fc1cccc(-c2cnc3c(Cl)ncnc3n2)c1. The highest BCUT2D eigenvalue weighted by molar-refractivity contribution is 6.33. The first-order valence-electron chi connectivity index (χ1n) is 5.13. The Hall–Kier alpha value is -2.14. The summed E-state index contributed by atoms with van der Waals surface area (Å²) in [6.45, 7) is 0. The Bertz CT molecular complexity index is 732. The zero-order valence-electron chi connectivity index (χ0n) is 9.01. The molecular formula is C12H6ClFN4. The maximum Gasteiger partial charge on any atom is 0.183 e. The molecule has 0 aliphatic rings. The van der Waals surface area contributed by atoms with Crippen LogP contribution in [-0.4, -0.2) is 19.9 Å². The van der Waals surface area contributed by atoms with E-state index in [1.165, 1.54) is 24.7 Å². The van der Waals surface area contributed by atoms with E-state index in [0.717, 1.165) is 0 Å². The summed E-state index contributed by atoms with van der Waals surface area (Å²) in [5.74, 6) is -0.324. The summed E-state index contributed by atoms with van der Waals surface area (Å²) in [5, 5.41) is 0.248. The van der Waals surface area contributed by atoms with Crippen LogP contribution in [0.15, 0.2) is 36.8 Å². The number of hydrogen-bond acceptors (Lipinski definition) is 4. The van der Waals surface area contributed by atoms with Crippen LogP contribution in [0.1, 0.15) is 0 Å². The molecule has 0 unspecified atom stereocenters. The molecule has 3 aromatic rings. The smallest absolute Gasteiger partial charge is 0.183 e. The summed E-state index contributed by atoms with van der Waals surface area (Å²) in [6, 6.07) is 6.13. The van der Waals surface area contributed by atoms with E-state index in [4.69, 9.17) is 11.6 Å². The van der Waals surface area contributed by atoms with Gasteiger partial charge >= 0.3 is 0 Å². The normalized spacial score (nSPS) is 10.8. The molecule has 0 saturated carbocycles. The van der Waals surface area contributed by atoms with Crippen molar-refractivity contribution in [2.45, 2.75) is 0 Å². The zero-order valence-corrected chi connectivity index (χ0v) is 9.76. The zero-order chi connectivity index (χ0) is 12.5. The number of rotatable bonds is 1. The molecule has 0 atom stereocenters. The Labute approximate surface area is 107 Å². The van der Waals surface area contributed by atoms with Crippen LogP contribution in [0.5, 0.6) is 0 Å². The Morgan fingerprint density at radius 1 is 1.11 bits per heavy atom. The van der Waals surface area contributed by atoms with Crippen molar-refractivity contribution < 1.29 is 4.39 Å². The Kier molecular flexibility index (Phi) is 2.60. The summed E-state index contributed by atoms with van der Waals surface area (Å²) >= 11 is 5.87. The molecule has 0 spiro atoms. The monoisotopic (exact) mass is 260 g/mol. The number of hydrogen-bond donors (Lipinski definition) is 0. The van der Waals surface area contributed by atoms with Gasteiger partial charge in [0.05, 0.1) is 11.9 Å². The van der Waals surface area contributed by atoms with Crippen LogP contribution in [-0.2, 0) is 0 Å². The predicted octanol–water partition coefficient (Wildman–Crippen LogP) is 2.88. The molecule has 2 aromatic heterocycles. The number of benzene rings is 1. The summed E-state index contributed by atoms with van der Waals surface area (Å²) in [4.78, 5) is 16.2. The second-order valence-electron chi connectivity index (χ2n) is 3.60. The number of halogens is 2. The van der Waals surface area contributed by atoms with Crippen LogP contribution in [0.2, 0.25) is 5.15 Å². The van der Waals surface area contributed by atoms with Gasteiger partial charge in [-0.3, -0.25) is 0 Å². The second kappa shape index (κ2) is 4.27. The molecule has 0 radical (unpaired) electrons. The first-order valence-corrected chi connectivity index (χ1v) is 5.51. The fraction of sp³-hybridized carbons (Fsp3) is 0. The molecule has 2 heterocycles. The highest BCUT2D eigenvalue weighted by Crippen LogP contribution is 2.21. The molecule has 88 valence electrons. The lowest BCUT2D eigenvalue weighted by Crippen LogP contribution is -1.93. The van der Waals surface area contributed by atoms with Crippen molar-refractivity contribution in [2.75, 3.05) is 0 Å². The quantitative estimate of drug-likeness (QED) is 0.631. The molecular weight excluding hydrogens is 255 g/mol. The van der Waals surface area contributed by atoms with E-state index in [1.54, 1.807) is 12.1 Å². The van der Waals surface area contributed by atoms with Crippen LogP contribution < -0.4 is 0 Å². The third kappa shape index (κ3) is 1.89. The van der Waals surface area contributed by atoms with E-state index < -0.39 is 0 Å². The van der Waals surface area contributed by atoms with Crippen molar-refractivity contribution in [1.82, 2.24) is 19.9 Å². The third-order valence-corrected chi connectivity index (χ3v) is 2.70. The van der Waals surface area contributed by atoms with Gasteiger partial charge in [0, 0.05) is 5.56 Å². The number of fused-ring (bicyclic) bond motifs is 1. The first-order chi connectivity index (χ1) is 8.74. The van der Waals surface area contributed by atoms with Crippen molar-refractivity contribution in [3.05, 3.63) is 47.8 Å². The van der Waals surface area contributed by atoms with Gasteiger partial charge in [0.25, 0.3) is 0 Å². The molecule has 3 rings (SSSR count). The van der Waals surface area contributed by atoms with Gasteiger partial charge in [0.2, 0.25) is 0 Å². The first kappa shape index (κ1) is 11.0. The van der Waals surface area contributed by atoms with Crippen molar-refractivity contribution in [1.29, 1.82) is 0 Å². The van der Waals surface area contributed by atoms with Gasteiger partial charge in [-0.15, -0.1) is 0 Å². The molecule has 0 fully saturated rings. The van der Waals surface area contributed by atoms with Gasteiger partial charge in [-0.1, -0.05) is 23.7 Å². The van der Waals surface area contributed by atoms with Crippen molar-refractivity contribution >= 4 is 22.8 Å². The fourth-order valence-electron chi connectivity index (χ4n) is 1.60. The predicted molar refractivity (Wildman–Crippen MR) is 65.5 cm³/mol. The second-order valence-corrected chi connectivity index (χ2v) is 3.96. The highest BCUT2D eigenvalue weighted by atomic mass is 35.5. The minimum Gasteiger partial charge on any atom is -0.247 e. The molecule has 1 aromatic carbocycles. The van der Waals surface area contributed by atoms with E-state index in [-0.39, 0.29) is 11.0 Å². The summed E-state index contributed by atoms with van der Waals surface area (Å²) < 4.78 is 13.1. The molecule has 0 amide bonds. The molecule has 4 nitrogen and oxygen atoms in total. The number of aromatic nitrogens is 4. The van der Waals surface area contributed by atoms with E-state index in [9.17, 15) is 4.39 Å². The van der Waals surface area contributed by atoms with Crippen LogP contribution in [0.25, 0.3) is 22.4 Å². The molecule has 0 aliphatic carbocycles. The van der Waals surface area contributed by atoms with E-state index in [2.05, 4.69) is 19.9 Å². The minimum absolute atomic E-state index is 0.248. The third-order valence-electron chi connectivity index (χ3n) is 2.42. The molecule has 0 bridgehead atoms. The van der Waals surface area contributed by atoms with Crippen LogP contribution in [0, 0.1) is 5.82 Å². The van der Waals surface area contributed by atoms with E-state index in [0.29, 0.717) is 22.4 Å². The van der Waals surface area contributed by atoms with Crippen molar-refractivity contribution in [3.63, 3.8) is 0 Å².